The molecular formula is C23H15Br2IN2O3. The van der Waals surface area contributed by atoms with Crippen LogP contribution in [0.15, 0.2) is 68.3 Å². The minimum Gasteiger partial charge on any atom is -0.504 e. The number of benzene rings is 3. The molecule has 0 unspecified atom stereocenters. The molecule has 4 aromatic rings. The maximum Gasteiger partial charge on any atom is 0.266 e. The second kappa shape index (κ2) is 9.13. The Morgan fingerprint density at radius 2 is 1.87 bits per heavy atom. The lowest BCUT2D eigenvalue weighted by Crippen LogP contribution is -2.22. The summed E-state index contributed by atoms with van der Waals surface area (Å²) in [5.74, 6) is 0.910. The van der Waals surface area contributed by atoms with E-state index in [1.807, 2.05) is 42.5 Å². The number of aromatic hydroxyl groups is 1. The molecule has 0 radical (unpaired) electrons. The van der Waals surface area contributed by atoms with Crippen molar-refractivity contribution < 1.29 is 9.84 Å². The molecule has 4 rings (SSSR count). The molecule has 0 atom stereocenters. The van der Waals surface area contributed by atoms with Gasteiger partial charge in [-0.25, -0.2) is 4.98 Å². The van der Waals surface area contributed by atoms with Crippen LogP contribution in [-0.2, 0) is 0 Å². The fraction of sp³-hybridized carbons (Fsp3) is 0.0435. The summed E-state index contributed by atoms with van der Waals surface area (Å²) in [7, 11) is 1.50. The summed E-state index contributed by atoms with van der Waals surface area (Å²) in [5.41, 5.74) is 1.93. The summed E-state index contributed by atoms with van der Waals surface area (Å²) in [4.78, 5) is 18.3. The third-order valence-corrected chi connectivity index (χ3v) is 6.47. The molecule has 31 heavy (non-hydrogen) atoms. The van der Waals surface area contributed by atoms with Crippen LogP contribution >= 0.6 is 54.5 Å². The standard InChI is InChI=1S/C23H15Br2IN2O3/c1-31-21-10-13(2-8-20(21)29)3-9-22-27-18-7-5-15(26)12-16(18)23(30)28(22)19-11-14(24)4-6-17(19)25/h2-12,29H,1H3. The number of hydrogen-bond acceptors (Lipinski definition) is 4. The first-order valence-corrected chi connectivity index (χ1v) is 11.8. The summed E-state index contributed by atoms with van der Waals surface area (Å²) >= 11 is 9.23. The van der Waals surface area contributed by atoms with Gasteiger partial charge in [0.05, 0.1) is 23.7 Å². The Balaban J connectivity index is 1.96. The summed E-state index contributed by atoms with van der Waals surface area (Å²) in [5, 5.41) is 10.4. The number of methoxy groups -OCH3 is 1. The molecule has 0 aliphatic heterocycles. The first kappa shape index (κ1) is 22.0. The smallest absolute Gasteiger partial charge is 0.266 e. The molecule has 0 saturated heterocycles. The SMILES string of the molecule is COc1cc(C=Cc2nc3ccc(I)cc3c(=O)n2-c2cc(Br)ccc2Br)ccc1O. The molecule has 0 aliphatic carbocycles. The number of nitrogens with zero attached hydrogens (tertiary/aromatic N) is 2. The van der Waals surface area contributed by atoms with Crippen molar-refractivity contribution in [2.75, 3.05) is 7.11 Å². The van der Waals surface area contributed by atoms with Crippen LogP contribution in [0.1, 0.15) is 11.4 Å². The maximum atomic E-state index is 13.5. The third-order valence-electron chi connectivity index (χ3n) is 4.63. The van der Waals surface area contributed by atoms with Crippen molar-refractivity contribution in [3.05, 3.63) is 88.9 Å². The lowest BCUT2D eigenvalue weighted by molar-refractivity contribution is 0.373. The van der Waals surface area contributed by atoms with Gasteiger partial charge in [0, 0.05) is 12.5 Å². The van der Waals surface area contributed by atoms with Gasteiger partial charge in [-0.2, -0.15) is 0 Å². The van der Waals surface area contributed by atoms with E-state index >= 15 is 0 Å². The van der Waals surface area contributed by atoms with Gasteiger partial charge < -0.3 is 9.84 Å². The summed E-state index contributed by atoms with van der Waals surface area (Å²) in [6.45, 7) is 0. The van der Waals surface area contributed by atoms with Crippen LogP contribution in [0.2, 0.25) is 0 Å². The second-order valence-electron chi connectivity index (χ2n) is 6.63. The van der Waals surface area contributed by atoms with Crippen LogP contribution in [0.4, 0.5) is 0 Å². The molecule has 0 spiro atoms. The van der Waals surface area contributed by atoms with E-state index in [0.29, 0.717) is 28.2 Å². The summed E-state index contributed by atoms with van der Waals surface area (Å²) in [6.07, 6.45) is 3.60. The normalized spacial score (nSPS) is 11.4. The lowest BCUT2D eigenvalue weighted by Gasteiger charge is -2.14. The van der Waals surface area contributed by atoms with Gasteiger partial charge in [0.1, 0.15) is 5.82 Å². The van der Waals surface area contributed by atoms with E-state index in [4.69, 9.17) is 9.72 Å². The third kappa shape index (κ3) is 4.56. The van der Waals surface area contributed by atoms with E-state index in [2.05, 4.69) is 54.5 Å². The van der Waals surface area contributed by atoms with Gasteiger partial charge in [-0.3, -0.25) is 9.36 Å². The zero-order valence-electron chi connectivity index (χ0n) is 16.1. The highest BCUT2D eigenvalue weighted by molar-refractivity contribution is 14.1. The minimum absolute atomic E-state index is 0.0630. The van der Waals surface area contributed by atoms with Crippen LogP contribution in [0.5, 0.6) is 11.5 Å². The number of rotatable bonds is 4. The summed E-state index contributed by atoms with van der Waals surface area (Å²) in [6, 6.07) is 16.3. The topological polar surface area (TPSA) is 64.3 Å². The fourth-order valence-electron chi connectivity index (χ4n) is 3.15. The fourth-order valence-corrected chi connectivity index (χ4v) is 4.41. The summed E-state index contributed by atoms with van der Waals surface area (Å²) < 4.78 is 9.34. The predicted molar refractivity (Wildman–Crippen MR) is 139 cm³/mol. The molecule has 1 N–H and O–H groups in total. The molecule has 8 heteroatoms. The average Bonchev–Trinajstić information content (AvgIpc) is 2.75. The Hall–Kier alpha value is -2.17. The van der Waals surface area contributed by atoms with Crippen LogP contribution in [0.3, 0.4) is 0 Å². The van der Waals surface area contributed by atoms with Crippen LogP contribution < -0.4 is 10.3 Å². The molecule has 0 aliphatic rings. The Labute approximate surface area is 208 Å². The van der Waals surface area contributed by atoms with Crippen molar-refractivity contribution >= 4 is 77.5 Å². The Kier molecular flexibility index (Phi) is 6.49. The van der Waals surface area contributed by atoms with E-state index in [1.54, 1.807) is 28.8 Å². The van der Waals surface area contributed by atoms with E-state index < -0.39 is 0 Å². The van der Waals surface area contributed by atoms with Crippen LogP contribution in [0, 0.1) is 3.57 Å². The van der Waals surface area contributed by atoms with Gasteiger partial charge in [0.2, 0.25) is 0 Å². The Bertz CT molecular complexity index is 1400. The maximum absolute atomic E-state index is 13.5. The zero-order chi connectivity index (χ0) is 22.1. The second-order valence-corrected chi connectivity index (χ2v) is 9.65. The van der Waals surface area contributed by atoms with E-state index in [0.717, 1.165) is 18.1 Å². The van der Waals surface area contributed by atoms with Gasteiger partial charge in [-0.05, 0) is 98.7 Å². The molecule has 0 fully saturated rings. The van der Waals surface area contributed by atoms with Crippen molar-refractivity contribution in [1.29, 1.82) is 0 Å². The first-order chi connectivity index (χ1) is 14.9. The quantitative estimate of drug-likeness (QED) is 0.259. The van der Waals surface area contributed by atoms with Crippen LogP contribution in [-0.4, -0.2) is 21.8 Å². The first-order valence-electron chi connectivity index (χ1n) is 9.10. The number of fused-ring (bicyclic) bond motifs is 1. The number of halogens is 3. The minimum atomic E-state index is -0.162. The van der Waals surface area contributed by atoms with Crippen molar-refractivity contribution in [2.45, 2.75) is 0 Å². The number of ether oxygens (including phenoxy) is 1. The lowest BCUT2D eigenvalue weighted by atomic mass is 10.1. The van der Waals surface area contributed by atoms with Gasteiger partial charge in [0.25, 0.3) is 5.56 Å². The molecule has 3 aromatic carbocycles. The van der Waals surface area contributed by atoms with E-state index in [9.17, 15) is 9.90 Å². The predicted octanol–water partition coefficient (Wildman–Crippen LogP) is 6.40. The number of aromatic nitrogens is 2. The number of hydrogen-bond donors (Lipinski definition) is 1. The van der Waals surface area contributed by atoms with Gasteiger partial charge in [-0.1, -0.05) is 28.1 Å². The Morgan fingerprint density at radius 1 is 1.06 bits per heavy atom. The highest BCUT2D eigenvalue weighted by Crippen LogP contribution is 2.28. The molecular weight excluding hydrogens is 639 g/mol. The van der Waals surface area contributed by atoms with Crippen molar-refractivity contribution in [3.8, 4) is 17.2 Å². The van der Waals surface area contributed by atoms with E-state index in [1.165, 1.54) is 7.11 Å². The van der Waals surface area contributed by atoms with Gasteiger partial charge in [-0.15, -0.1) is 0 Å². The van der Waals surface area contributed by atoms with Crippen LogP contribution in [0.25, 0.3) is 28.7 Å². The van der Waals surface area contributed by atoms with Crippen molar-refractivity contribution in [1.82, 2.24) is 9.55 Å². The van der Waals surface area contributed by atoms with Gasteiger partial charge in [0.15, 0.2) is 11.5 Å². The molecule has 0 saturated carbocycles. The molecule has 1 heterocycles. The molecule has 0 bridgehead atoms. The highest BCUT2D eigenvalue weighted by atomic mass is 127. The van der Waals surface area contributed by atoms with E-state index in [-0.39, 0.29) is 11.3 Å². The zero-order valence-corrected chi connectivity index (χ0v) is 21.5. The number of phenols is 1. The molecule has 156 valence electrons. The number of phenolic OH excluding ortho intramolecular Hbond substituents is 1. The van der Waals surface area contributed by atoms with Crippen molar-refractivity contribution in [2.24, 2.45) is 0 Å². The molecule has 1 aromatic heterocycles. The Morgan fingerprint density at radius 3 is 2.65 bits per heavy atom. The monoisotopic (exact) mass is 652 g/mol. The van der Waals surface area contributed by atoms with Crippen molar-refractivity contribution in [3.63, 3.8) is 0 Å². The average molecular weight is 654 g/mol. The molecule has 5 nitrogen and oxygen atoms in total. The largest absolute Gasteiger partial charge is 0.504 e. The van der Waals surface area contributed by atoms with Gasteiger partial charge >= 0.3 is 0 Å². The highest BCUT2D eigenvalue weighted by Gasteiger charge is 2.14. The molecule has 0 amide bonds.